The van der Waals surface area contributed by atoms with Gasteiger partial charge in [0.15, 0.2) is 0 Å². The van der Waals surface area contributed by atoms with Gasteiger partial charge in [-0.1, -0.05) is 35.4 Å². The molecule has 0 saturated heterocycles. The molecule has 0 amide bonds. The third-order valence-corrected chi connectivity index (χ3v) is 8.11. The molecule has 8 bridgehead atoms. The van der Waals surface area contributed by atoms with Gasteiger partial charge in [-0.2, -0.15) is 0 Å². The topological polar surface area (TPSA) is 56.3 Å². The van der Waals surface area contributed by atoms with Gasteiger partial charge in [0, 0.05) is 22.2 Å². The molecule has 40 heavy (non-hydrogen) atoms. The van der Waals surface area contributed by atoms with Crippen molar-refractivity contribution in [3.8, 4) is 0 Å². The molecule has 0 fully saturated rings. The molecule has 4 aromatic rings. The zero-order chi connectivity index (χ0) is 27.7. The number of hydrogen-bond donors (Lipinski definition) is 2. The number of aryl methyl sites for hydroxylation is 6. The molecule has 4 heteroatoms. The maximum atomic E-state index is 5.17. The van der Waals surface area contributed by atoms with Crippen molar-refractivity contribution in [3.05, 3.63) is 145 Å². The van der Waals surface area contributed by atoms with Crippen molar-refractivity contribution in [2.24, 2.45) is 9.98 Å². The molecule has 2 aromatic heterocycles. The van der Waals surface area contributed by atoms with Crippen molar-refractivity contribution in [1.82, 2.24) is 9.97 Å². The Morgan fingerprint density at radius 1 is 0.475 bits per heavy atom. The van der Waals surface area contributed by atoms with Crippen LogP contribution in [0.4, 0.5) is 0 Å². The normalized spacial score (nSPS) is 15.7. The second kappa shape index (κ2) is 8.92. The second-order valence-corrected chi connectivity index (χ2v) is 11.3. The van der Waals surface area contributed by atoms with E-state index in [2.05, 4.69) is 124 Å². The van der Waals surface area contributed by atoms with Gasteiger partial charge in [-0.05, 0) is 123 Å². The highest BCUT2D eigenvalue weighted by Crippen LogP contribution is 2.34. The van der Waals surface area contributed by atoms with Gasteiger partial charge in [-0.25, -0.2) is 9.98 Å². The SMILES string of the molecule is Cc1cc(C)c(C2=C3C=CC(=N3)c3ccc([nH]3)C(c3c(C)cc(C)cc3C)=c3ccc([nH]3)=C3C=CC2=N3)c(C)c1. The minimum absolute atomic E-state index is 0.925. The number of aromatic amines is 2. The van der Waals surface area contributed by atoms with Gasteiger partial charge in [0.2, 0.25) is 0 Å². The smallest absolute Gasteiger partial charge is 0.0872 e. The summed E-state index contributed by atoms with van der Waals surface area (Å²) in [7, 11) is 0. The second-order valence-electron chi connectivity index (χ2n) is 11.3. The maximum absolute atomic E-state index is 5.17. The number of allylic oxidation sites excluding steroid dienone is 4. The highest BCUT2D eigenvalue weighted by atomic mass is 14.9. The van der Waals surface area contributed by atoms with Gasteiger partial charge in [0.25, 0.3) is 0 Å². The van der Waals surface area contributed by atoms with Gasteiger partial charge < -0.3 is 9.97 Å². The third kappa shape index (κ3) is 3.83. The van der Waals surface area contributed by atoms with Crippen molar-refractivity contribution in [2.45, 2.75) is 41.5 Å². The van der Waals surface area contributed by atoms with Crippen LogP contribution in [0.25, 0.3) is 16.8 Å². The van der Waals surface area contributed by atoms with Crippen LogP contribution in [0.15, 0.2) is 88.5 Å². The van der Waals surface area contributed by atoms with Gasteiger partial charge in [-0.3, -0.25) is 0 Å². The van der Waals surface area contributed by atoms with Crippen molar-refractivity contribution >= 4 is 28.3 Å². The molecule has 0 unspecified atom stereocenters. The lowest BCUT2D eigenvalue weighted by atomic mass is 9.90. The van der Waals surface area contributed by atoms with Crippen LogP contribution >= 0.6 is 0 Å². The standard InChI is InChI=1S/C36H32N4/c1-19-15-21(3)33(22(4)16-19)35-29-11-7-25(37-29)27-9-13-31(39-27)36(34-23(5)17-20(2)18-24(34)6)32-14-10-28(40-32)26-8-12-30(35)38-26/h7-18,37-38H,1-6H3. The van der Waals surface area contributed by atoms with Gasteiger partial charge in [0.05, 0.1) is 33.9 Å². The predicted molar refractivity (Wildman–Crippen MR) is 166 cm³/mol. The summed E-state index contributed by atoms with van der Waals surface area (Å²) in [5.41, 5.74) is 18.0. The molecule has 3 aliphatic rings. The average Bonchev–Trinajstić information content (AvgIpc) is 3.69. The fraction of sp³-hybridized carbons (Fsp3) is 0.167. The van der Waals surface area contributed by atoms with Crippen LogP contribution in [0.3, 0.4) is 0 Å². The molecule has 196 valence electrons. The Labute approximate surface area is 234 Å². The Bertz CT molecular complexity index is 2000. The summed E-state index contributed by atoms with van der Waals surface area (Å²) in [6, 6.07) is 17.6. The first-order valence-electron chi connectivity index (χ1n) is 13.8. The molecular formula is C36H32N4. The van der Waals surface area contributed by atoms with E-state index in [0.29, 0.717) is 0 Å². The lowest BCUT2D eigenvalue weighted by Gasteiger charge is -2.16. The number of nitrogens with one attached hydrogen (secondary N) is 2. The molecule has 5 heterocycles. The van der Waals surface area contributed by atoms with Crippen LogP contribution in [-0.4, -0.2) is 21.4 Å². The number of aliphatic imine (C=N–C) groups is 2. The quantitative estimate of drug-likeness (QED) is 0.310. The van der Waals surface area contributed by atoms with Crippen LogP contribution < -0.4 is 10.7 Å². The lowest BCUT2D eigenvalue weighted by Crippen LogP contribution is -2.17. The molecule has 2 N–H and O–H groups in total. The number of aromatic nitrogens is 2. The molecule has 0 radical (unpaired) electrons. The fourth-order valence-electron chi connectivity index (χ4n) is 6.63. The first-order chi connectivity index (χ1) is 19.3. The number of H-pyrrole nitrogens is 2. The summed E-state index contributed by atoms with van der Waals surface area (Å²) in [4.78, 5) is 17.8. The van der Waals surface area contributed by atoms with E-state index in [0.717, 1.165) is 56.0 Å². The minimum Gasteiger partial charge on any atom is -0.353 e. The van der Waals surface area contributed by atoms with Gasteiger partial charge in [0.1, 0.15) is 0 Å². The third-order valence-electron chi connectivity index (χ3n) is 8.11. The number of benzene rings is 2. The Morgan fingerprint density at radius 3 is 1.68 bits per heavy atom. The monoisotopic (exact) mass is 520 g/mol. The van der Waals surface area contributed by atoms with Crippen molar-refractivity contribution in [3.63, 3.8) is 0 Å². The van der Waals surface area contributed by atoms with Crippen LogP contribution in [-0.2, 0) is 0 Å². The van der Waals surface area contributed by atoms with Gasteiger partial charge in [-0.15, -0.1) is 0 Å². The highest BCUT2D eigenvalue weighted by molar-refractivity contribution is 6.34. The molecule has 0 aliphatic carbocycles. The summed E-state index contributed by atoms with van der Waals surface area (Å²) in [5, 5.41) is 2.06. The summed E-state index contributed by atoms with van der Waals surface area (Å²) in [5.74, 6) is 0. The van der Waals surface area contributed by atoms with E-state index in [-0.39, 0.29) is 0 Å². The van der Waals surface area contributed by atoms with E-state index >= 15 is 0 Å². The molecule has 0 saturated carbocycles. The van der Waals surface area contributed by atoms with Crippen LogP contribution in [0.2, 0.25) is 0 Å². The Hall–Kier alpha value is -4.70. The highest BCUT2D eigenvalue weighted by Gasteiger charge is 2.24. The van der Waals surface area contributed by atoms with E-state index in [4.69, 9.17) is 9.98 Å². The molecule has 3 aliphatic heterocycles. The molecular weight excluding hydrogens is 488 g/mol. The summed E-state index contributed by atoms with van der Waals surface area (Å²) >= 11 is 0. The number of rotatable bonds is 2. The Balaban J connectivity index is 1.57. The first-order valence-corrected chi connectivity index (χ1v) is 13.8. The maximum Gasteiger partial charge on any atom is 0.0872 e. The Kier molecular flexibility index (Phi) is 5.43. The van der Waals surface area contributed by atoms with Crippen molar-refractivity contribution in [2.75, 3.05) is 0 Å². The summed E-state index contributed by atoms with van der Waals surface area (Å²) < 4.78 is 0. The van der Waals surface area contributed by atoms with E-state index in [1.54, 1.807) is 0 Å². The number of hydrogen-bond acceptors (Lipinski definition) is 2. The van der Waals surface area contributed by atoms with Gasteiger partial charge >= 0.3 is 0 Å². The molecule has 2 aromatic carbocycles. The van der Waals surface area contributed by atoms with E-state index in [1.807, 2.05) is 0 Å². The predicted octanol–water partition coefficient (Wildman–Crippen LogP) is 6.34. The minimum atomic E-state index is 0.925. The number of nitrogens with zero attached hydrogens (tertiary/aromatic N) is 2. The molecule has 7 rings (SSSR count). The number of fused-ring (bicyclic) bond motifs is 7. The summed E-state index contributed by atoms with van der Waals surface area (Å²) in [6.45, 7) is 13.1. The summed E-state index contributed by atoms with van der Waals surface area (Å²) in [6.07, 6.45) is 8.48. The van der Waals surface area contributed by atoms with E-state index in [9.17, 15) is 0 Å². The molecule has 4 nitrogen and oxygen atoms in total. The van der Waals surface area contributed by atoms with Crippen LogP contribution in [0, 0.1) is 41.5 Å². The van der Waals surface area contributed by atoms with Crippen LogP contribution in [0.5, 0.6) is 0 Å². The molecule has 0 atom stereocenters. The van der Waals surface area contributed by atoms with Crippen molar-refractivity contribution < 1.29 is 0 Å². The zero-order valence-electron chi connectivity index (χ0n) is 23.8. The van der Waals surface area contributed by atoms with E-state index in [1.165, 1.54) is 44.5 Å². The van der Waals surface area contributed by atoms with Crippen LogP contribution in [0.1, 0.15) is 55.9 Å². The van der Waals surface area contributed by atoms with E-state index < -0.39 is 0 Å². The average molecular weight is 521 g/mol. The molecule has 0 spiro atoms. The largest absolute Gasteiger partial charge is 0.353 e. The fourth-order valence-corrected chi connectivity index (χ4v) is 6.63. The lowest BCUT2D eigenvalue weighted by molar-refractivity contribution is 1.20. The van der Waals surface area contributed by atoms with Crippen molar-refractivity contribution in [1.29, 1.82) is 0 Å². The Morgan fingerprint density at radius 2 is 1.00 bits per heavy atom. The zero-order valence-corrected chi connectivity index (χ0v) is 23.8. The first kappa shape index (κ1) is 24.3.